The van der Waals surface area contributed by atoms with Crippen LogP contribution in [0.4, 0.5) is 10.5 Å². The number of benzene rings is 1. The Hall–Kier alpha value is -2.04. The highest BCUT2D eigenvalue weighted by Gasteiger charge is 2.38. The summed E-state index contributed by atoms with van der Waals surface area (Å²) in [6, 6.07) is 7.94. The molecule has 1 aromatic carbocycles. The fraction of sp³-hybridized carbons (Fsp3) is 0.467. The Morgan fingerprint density at radius 2 is 2.05 bits per heavy atom. The van der Waals surface area contributed by atoms with Crippen LogP contribution >= 0.6 is 0 Å². The molecule has 1 unspecified atom stereocenters. The number of hydrogen-bond donors (Lipinski definition) is 1. The fourth-order valence-corrected chi connectivity index (χ4v) is 2.87. The van der Waals surface area contributed by atoms with Gasteiger partial charge in [-0.25, -0.2) is 4.79 Å². The summed E-state index contributed by atoms with van der Waals surface area (Å²) in [7, 11) is 1.83. The van der Waals surface area contributed by atoms with Crippen molar-refractivity contribution in [2.45, 2.75) is 31.2 Å². The van der Waals surface area contributed by atoms with Crippen LogP contribution in [0.15, 0.2) is 24.3 Å². The first-order valence-electron chi connectivity index (χ1n) is 6.93. The molecule has 1 aromatic rings. The number of anilines is 1. The molecule has 1 N–H and O–H groups in total. The summed E-state index contributed by atoms with van der Waals surface area (Å²) in [6.07, 6.45) is 2.19. The Balaban J connectivity index is 1.86. The third kappa shape index (κ3) is 2.24. The third-order valence-corrected chi connectivity index (χ3v) is 4.12. The van der Waals surface area contributed by atoms with Crippen LogP contribution in [-0.4, -0.2) is 41.6 Å². The Morgan fingerprint density at radius 1 is 1.35 bits per heavy atom. The van der Waals surface area contributed by atoms with Gasteiger partial charge in [0.1, 0.15) is 0 Å². The first-order valence-corrected chi connectivity index (χ1v) is 6.93. The fourth-order valence-electron chi connectivity index (χ4n) is 2.87. The van der Waals surface area contributed by atoms with E-state index in [1.807, 2.05) is 31.3 Å². The van der Waals surface area contributed by atoms with Crippen molar-refractivity contribution >= 4 is 17.7 Å². The number of carboxylic acid groups (broad SMARTS) is 1. The van der Waals surface area contributed by atoms with Crippen LogP contribution in [0.3, 0.4) is 0 Å². The Kier molecular flexibility index (Phi) is 3.12. The van der Waals surface area contributed by atoms with Gasteiger partial charge in [0.15, 0.2) is 0 Å². The van der Waals surface area contributed by atoms with Crippen molar-refractivity contribution in [2.75, 3.05) is 18.5 Å². The second-order valence-corrected chi connectivity index (χ2v) is 5.59. The molecule has 20 heavy (non-hydrogen) atoms. The maximum atomic E-state index is 12.5. The van der Waals surface area contributed by atoms with Gasteiger partial charge in [-0.05, 0) is 24.5 Å². The van der Waals surface area contributed by atoms with Gasteiger partial charge in [-0.1, -0.05) is 18.2 Å². The molecule has 106 valence electrons. The van der Waals surface area contributed by atoms with Gasteiger partial charge >= 0.3 is 12.0 Å². The molecule has 0 radical (unpaired) electrons. The van der Waals surface area contributed by atoms with Gasteiger partial charge in [0, 0.05) is 31.2 Å². The standard InChI is InChI=1S/C15H18N2O3/c1-16(11-6-7-11)15(20)17-9-10(8-14(18)19)12-4-2-3-5-13(12)17/h2-5,10-11H,6-9H2,1H3,(H,18,19). The van der Waals surface area contributed by atoms with Gasteiger partial charge in [0.25, 0.3) is 0 Å². The van der Waals surface area contributed by atoms with E-state index in [4.69, 9.17) is 5.11 Å². The zero-order chi connectivity index (χ0) is 14.3. The normalized spacial score (nSPS) is 20.6. The van der Waals surface area contributed by atoms with E-state index >= 15 is 0 Å². The topological polar surface area (TPSA) is 60.9 Å². The maximum absolute atomic E-state index is 12.5. The minimum Gasteiger partial charge on any atom is -0.481 e. The largest absolute Gasteiger partial charge is 0.481 e. The number of para-hydroxylation sites is 1. The molecular weight excluding hydrogens is 256 g/mol. The number of carbonyl (C=O) groups is 2. The average molecular weight is 274 g/mol. The summed E-state index contributed by atoms with van der Waals surface area (Å²) in [5.74, 6) is -0.935. The lowest BCUT2D eigenvalue weighted by molar-refractivity contribution is -0.137. The Morgan fingerprint density at radius 3 is 2.70 bits per heavy atom. The van der Waals surface area contributed by atoms with E-state index in [2.05, 4.69) is 0 Å². The highest BCUT2D eigenvalue weighted by atomic mass is 16.4. The maximum Gasteiger partial charge on any atom is 0.324 e. The van der Waals surface area contributed by atoms with Crippen molar-refractivity contribution in [3.05, 3.63) is 29.8 Å². The van der Waals surface area contributed by atoms with Crippen LogP contribution in [0, 0.1) is 0 Å². The molecule has 2 aliphatic rings. The number of rotatable bonds is 3. The lowest BCUT2D eigenvalue weighted by Gasteiger charge is -2.25. The van der Waals surface area contributed by atoms with Gasteiger partial charge in [-0.3, -0.25) is 9.69 Å². The number of carboxylic acids is 1. The Bertz CT molecular complexity index is 554. The van der Waals surface area contributed by atoms with Crippen LogP contribution in [0.2, 0.25) is 0 Å². The van der Waals surface area contributed by atoms with Crippen LogP contribution in [0.5, 0.6) is 0 Å². The minimum atomic E-state index is -0.824. The summed E-state index contributed by atoms with van der Waals surface area (Å²) < 4.78 is 0. The molecule has 5 nitrogen and oxygen atoms in total. The molecule has 1 aliphatic heterocycles. The number of amides is 2. The molecule has 3 rings (SSSR count). The number of carbonyl (C=O) groups excluding carboxylic acids is 1. The SMILES string of the molecule is CN(C(=O)N1CC(CC(=O)O)c2ccccc21)C1CC1. The molecule has 1 fully saturated rings. The highest BCUT2D eigenvalue weighted by Crippen LogP contribution is 2.39. The second-order valence-electron chi connectivity index (χ2n) is 5.59. The van der Waals surface area contributed by atoms with E-state index in [0.717, 1.165) is 24.1 Å². The van der Waals surface area contributed by atoms with Crippen LogP contribution < -0.4 is 4.90 Å². The Labute approximate surface area is 117 Å². The smallest absolute Gasteiger partial charge is 0.324 e. The number of aliphatic carboxylic acids is 1. The van der Waals surface area contributed by atoms with Crippen molar-refractivity contribution in [1.82, 2.24) is 4.90 Å². The number of urea groups is 1. The molecule has 0 saturated heterocycles. The van der Waals surface area contributed by atoms with Crippen molar-refractivity contribution in [2.24, 2.45) is 0 Å². The van der Waals surface area contributed by atoms with Gasteiger partial charge in [-0.2, -0.15) is 0 Å². The predicted molar refractivity (Wildman–Crippen MR) is 75.0 cm³/mol. The van der Waals surface area contributed by atoms with Gasteiger partial charge in [0.05, 0.1) is 6.42 Å². The molecule has 0 aromatic heterocycles. The van der Waals surface area contributed by atoms with Gasteiger partial charge < -0.3 is 10.0 Å². The van der Waals surface area contributed by atoms with E-state index in [-0.39, 0.29) is 18.4 Å². The number of fused-ring (bicyclic) bond motifs is 1. The quantitative estimate of drug-likeness (QED) is 0.919. The average Bonchev–Trinajstić information content (AvgIpc) is 3.21. The van der Waals surface area contributed by atoms with Gasteiger partial charge in [0.2, 0.25) is 0 Å². The van der Waals surface area contributed by atoms with E-state index in [1.54, 1.807) is 9.80 Å². The lowest BCUT2D eigenvalue weighted by Crippen LogP contribution is -2.41. The lowest BCUT2D eigenvalue weighted by atomic mass is 9.98. The predicted octanol–water partition coefficient (Wildman–Crippen LogP) is 2.28. The molecule has 1 saturated carbocycles. The minimum absolute atomic E-state index is 0.0205. The zero-order valence-corrected chi connectivity index (χ0v) is 11.5. The van der Waals surface area contributed by atoms with Gasteiger partial charge in [-0.15, -0.1) is 0 Å². The molecule has 5 heteroatoms. The van der Waals surface area contributed by atoms with E-state index in [9.17, 15) is 9.59 Å². The summed E-state index contributed by atoms with van der Waals surface area (Å²) in [6.45, 7) is 0.460. The molecule has 2 amide bonds. The third-order valence-electron chi connectivity index (χ3n) is 4.12. The zero-order valence-electron chi connectivity index (χ0n) is 11.5. The molecule has 0 bridgehead atoms. The van der Waals surface area contributed by atoms with Crippen LogP contribution in [0.25, 0.3) is 0 Å². The summed E-state index contributed by atoms with van der Waals surface area (Å²) in [5.41, 5.74) is 1.82. The van der Waals surface area contributed by atoms with Crippen LogP contribution in [-0.2, 0) is 4.79 Å². The first-order chi connectivity index (χ1) is 9.58. The van der Waals surface area contributed by atoms with E-state index < -0.39 is 5.97 Å². The van der Waals surface area contributed by atoms with Crippen molar-refractivity contribution in [3.63, 3.8) is 0 Å². The van der Waals surface area contributed by atoms with Crippen molar-refractivity contribution in [1.29, 1.82) is 0 Å². The molecule has 1 atom stereocenters. The summed E-state index contributed by atoms with van der Waals surface area (Å²) in [5, 5.41) is 9.02. The van der Waals surface area contributed by atoms with Crippen molar-refractivity contribution in [3.8, 4) is 0 Å². The van der Waals surface area contributed by atoms with E-state index in [0.29, 0.717) is 12.6 Å². The second kappa shape index (κ2) is 4.81. The number of hydrogen-bond acceptors (Lipinski definition) is 2. The molecule has 1 aliphatic carbocycles. The summed E-state index contributed by atoms with van der Waals surface area (Å²) in [4.78, 5) is 27.0. The first kappa shape index (κ1) is 13.0. The highest BCUT2D eigenvalue weighted by molar-refractivity contribution is 5.95. The number of nitrogens with zero attached hydrogens (tertiary/aromatic N) is 2. The van der Waals surface area contributed by atoms with Crippen LogP contribution in [0.1, 0.15) is 30.7 Å². The summed E-state index contributed by atoms with van der Waals surface area (Å²) >= 11 is 0. The van der Waals surface area contributed by atoms with Crippen molar-refractivity contribution < 1.29 is 14.7 Å². The van der Waals surface area contributed by atoms with E-state index in [1.165, 1.54) is 0 Å². The molecule has 0 spiro atoms. The monoisotopic (exact) mass is 274 g/mol. The molecular formula is C15H18N2O3. The molecule has 1 heterocycles.